The van der Waals surface area contributed by atoms with Gasteiger partial charge in [-0.25, -0.2) is 4.79 Å². The Bertz CT molecular complexity index is 1450. The molecule has 188 valence electrons. The van der Waals surface area contributed by atoms with Gasteiger partial charge in [0.05, 0.1) is 12.7 Å². The number of carbonyl (C=O) groups excluding carboxylic acids is 1. The van der Waals surface area contributed by atoms with E-state index in [0.29, 0.717) is 31.8 Å². The molecule has 0 amide bonds. The smallest absolute Gasteiger partial charge is 0.337 e. The van der Waals surface area contributed by atoms with Crippen LogP contribution in [0.3, 0.4) is 0 Å². The molecule has 0 N–H and O–H groups in total. The van der Waals surface area contributed by atoms with Crippen LogP contribution < -0.4 is 31.8 Å². The van der Waals surface area contributed by atoms with Gasteiger partial charge in [-0.2, -0.15) is 0 Å². The highest BCUT2D eigenvalue weighted by Gasteiger charge is 2.35. The van der Waals surface area contributed by atoms with E-state index in [0.717, 1.165) is 0 Å². The fourth-order valence-corrected chi connectivity index (χ4v) is 10.2. The summed E-state index contributed by atoms with van der Waals surface area (Å²) in [5.74, 6) is -0.589. The van der Waals surface area contributed by atoms with Gasteiger partial charge in [-0.15, -0.1) is 0 Å². The fourth-order valence-electron chi connectivity index (χ4n) is 4.64. The predicted molar refractivity (Wildman–Crippen MR) is 157 cm³/mol. The van der Waals surface area contributed by atoms with Crippen LogP contribution >= 0.6 is 14.3 Å². The van der Waals surface area contributed by atoms with Crippen LogP contribution in [-0.4, -0.2) is 13.1 Å². The lowest BCUT2D eigenvalue weighted by molar-refractivity contribution is 0.0601. The Morgan fingerprint density at radius 2 is 0.763 bits per heavy atom. The molecule has 0 atom stereocenters. The fraction of sp³-hybridized carbons (Fsp3) is 0.0312. The largest absolute Gasteiger partial charge is 0.465 e. The lowest BCUT2D eigenvalue weighted by Gasteiger charge is -2.24. The standard InChI is InChI=1S/C32H26O4P2/c1-36-32(33)25-22-30(37(34,26-14-6-2-7-15-26)27-16-8-3-9-17-27)24-31(23-25)38(35,28-18-10-4-11-19-28)29-20-12-5-13-21-29/h2-24H,1H3. The third-order valence-electron chi connectivity index (χ3n) is 6.53. The van der Waals surface area contributed by atoms with Crippen LogP contribution in [0, 0.1) is 0 Å². The SMILES string of the molecule is COC(=O)c1cc(P(=O)(c2ccccc2)c2ccccc2)cc(P(=O)(c2ccccc2)c2ccccc2)c1. The van der Waals surface area contributed by atoms with Crippen molar-refractivity contribution in [2.75, 3.05) is 7.11 Å². The van der Waals surface area contributed by atoms with E-state index in [9.17, 15) is 4.79 Å². The van der Waals surface area contributed by atoms with Gasteiger partial charge in [-0.1, -0.05) is 121 Å². The average molecular weight is 537 g/mol. The highest BCUT2D eigenvalue weighted by Crippen LogP contribution is 2.46. The normalized spacial score (nSPS) is 11.6. The first-order valence-corrected chi connectivity index (χ1v) is 15.6. The lowest BCUT2D eigenvalue weighted by Crippen LogP contribution is -2.31. The summed E-state index contributed by atoms with van der Waals surface area (Å²) < 4.78 is 35.5. The molecule has 5 aromatic carbocycles. The molecular formula is C32H26O4P2. The molecule has 0 aliphatic heterocycles. The van der Waals surface area contributed by atoms with Crippen molar-refractivity contribution in [2.45, 2.75) is 0 Å². The second-order valence-electron chi connectivity index (χ2n) is 8.79. The van der Waals surface area contributed by atoms with E-state index < -0.39 is 20.3 Å². The molecule has 6 heteroatoms. The Kier molecular flexibility index (Phi) is 7.29. The van der Waals surface area contributed by atoms with Crippen LogP contribution in [0.4, 0.5) is 0 Å². The number of ether oxygens (including phenoxy) is 1. The second-order valence-corrected chi connectivity index (χ2v) is 14.3. The van der Waals surface area contributed by atoms with Gasteiger partial charge in [-0.05, 0) is 18.2 Å². The van der Waals surface area contributed by atoms with E-state index in [1.54, 1.807) is 18.2 Å². The highest BCUT2D eigenvalue weighted by molar-refractivity contribution is 7.86. The molecule has 5 rings (SSSR count). The summed E-state index contributed by atoms with van der Waals surface area (Å²) in [4.78, 5) is 12.9. The van der Waals surface area contributed by atoms with Crippen molar-refractivity contribution in [3.05, 3.63) is 145 Å². The Morgan fingerprint density at radius 1 is 0.474 bits per heavy atom. The van der Waals surface area contributed by atoms with Crippen LogP contribution in [0.5, 0.6) is 0 Å². The van der Waals surface area contributed by atoms with Crippen molar-refractivity contribution >= 4 is 52.1 Å². The molecule has 0 heterocycles. The third kappa shape index (κ3) is 4.58. The summed E-state index contributed by atoms with van der Waals surface area (Å²) in [7, 11) is -5.62. The first kappa shape index (κ1) is 25.7. The average Bonchev–Trinajstić information content (AvgIpc) is 3.01. The number of hydrogen-bond acceptors (Lipinski definition) is 4. The van der Waals surface area contributed by atoms with Crippen molar-refractivity contribution in [3.8, 4) is 0 Å². The third-order valence-corrected chi connectivity index (χ3v) is 12.6. The first-order chi connectivity index (χ1) is 18.5. The highest BCUT2D eigenvalue weighted by atomic mass is 31.2. The van der Waals surface area contributed by atoms with Crippen molar-refractivity contribution in [3.63, 3.8) is 0 Å². The van der Waals surface area contributed by atoms with Crippen LogP contribution in [-0.2, 0) is 13.9 Å². The number of carbonyl (C=O) groups is 1. The van der Waals surface area contributed by atoms with Crippen molar-refractivity contribution < 1.29 is 18.7 Å². The Hall–Kier alpha value is -3.97. The van der Waals surface area contributed by atoms with E-state index in [4.69, 9.17) is 4.74 Å². The number of esters is 1. The summed E-state index contributed by atoms with van der Waals surface area (Å²) in [5, 5.41) is 3.31. The summed E-state index contributed by atoms with van der Waals surface area (Å²) in [6, 6.07) is 41.8. The molecule has 0 aliphatic carbocycles. The molecule has 0 unspecified atom stereocenters. The molecule has 0 fully saturated rings. The van der Waals surface area contributed by atoms with E-state index in [1.165, 1.54) is 7.11 Å². The van der Waals surface area contributed by atoms with Gasteiger partial charge < -0.3 is 13.9 Å². The number of methoxy groups -OCH3 is 1. The van der Waals surface area contributed by atoms with Gasteiger partial charge in [-0.3, -0.25) is 0 Å². The molecule has 0 spiro atoms. The summed E-state index contributed by atoms with van der Waals surface area (Å²) >= 11 is 0. The number of hydrogen-bond donors (Lipinski definition) is 0. The van der Waals surface area contributed by atoms with Crippen LogP contribution in [0.1, 0.15) is 10.4 Å². The van der Waals surface area contributed by atoms with Gasteiger partial charge in [0, 0.05) is 31.8 Å². The topological polar surface area (TPSA) is 60.4 Å². The van der Waals surface area contributed by atoms with Crippen LogP contribution in [0.25, 0.3) is 0 Å². The molecule has 0 aromatic heterocycles. The molecule has 0 aliphatic rings. The molecule has 38 heavy (non-hydrogen) atoms. The zero-order chi connectivity index (χ0) is 26.6. The Labute approximate surface area is 222 Å². The van der Waals surface area contributed by atoms with E-state index in [-0.39, 0.29) is 5.56 Å². The molecule has 4 nitrogen and oxygen atoms in total. The van der Waals surface area contributed by atoms with Crippen LogP contribution in [0.15, 0.2) is 140 Å². The zero-order valence-corrected chi connectivity index (χ0v) is 22.6. The van der Waals surface area contributed by atoms with Gasteiger partial charge in [0.1, 0.15) is 0 Å². The Morgan fingerprint density at radius 3 is 1.03 bits per heavy atom. The van der Waals surface area contributed by atoms with Gasteiger partial charge in [0.15, 0.2) is 14.3 Å². The molecule has 0 bridgehead atoms. The minimum absolute atomic E-state index is 0.194. The number of rotatable bonds is 7. The second kappa shape index (κ2) is 10.8. The molecule has 0 radical (unpaired) electrons. The molecule has 0 saturated carbocycles. The van der Waals surface area contributed by atoms with E-state index in [2.05, 4.69) is 0 Å². The van der Waals surface area contributed by atoms with Crippen molar-refractivity contribution in [1.82, 2.24) is 0 Å². The maximum absolute atomic E-state index is 15.2. The zero-order valence-electron chi connectivity index (χ0n) is 20.8. The predicted octanol–water partition coefficient (Wildman–Crippen LogP) is 4.75. The summed E-state index contributed by atoms with van der Waals surface area (Å²) in [5.41, 5.74) is 0.194. The number of benzene rings is 5. The van der Waals surface area contributed by atoms with E-state index >= 15 is 9.13 Å². The van der Waals surface area contributed by atoms with E-state index in [1.807, 2.05) is 121 Å². The summed E-state index contributed by atoms with van der Waals surface area (Å²) in [6.07, 6.45) is 0. The quantitative estimate of drug-likeness (QED) is 0.223. The van der Waals surface area contributed by atoms with Gasteiger partial charge >= 0.3 is 5.97 Å². The molecular weight excluding hydrogens is 510 g/mol. The van der Waals surface area contributed by atoms with Crippen LogP contribution in [0.2, 0.25) is 0 Å². The molecule has 0 saturated heterocycles. The minimum atomic E-state index is -3.46. The maximum atomic E-state index is 15.2. The van der Waals surface area contributed by atoms with Gasteiger partial charge in [0.25, 0.3) is 0 Å². The Balaban J connectivity index is 1.87. The van der Waals surface area contributed by atoms with Gasteiger partial charge in [0.2, 0.25) is 0 Å². The van der Waals surface area contributed by atoms with Crippen molar-refractivity contribution in [2.24, 2.45) is 0 Å². The summed E-state index contributed by atoms with van der Waals surface area (Å²) in [6.45, 7) is 0. The maximum Gasteiger partial charge on any atom is 0.337 e. The molecule has 5 aromatic rings. The lowest BCUT2D eigenvalue weighted by atomic mass is 10.2. The first-order valence-electron chi connectivity index (χ1n) is 12.1. The van der Waals surface area contributed by atoms with Crippen molar-refractivity contribution in [1.29, 1.82) is 0 Å². The monoisotopic (exact) mass is 536 g/mol. The minimum Gasteiger partial charge on any atom is -0.465 e.